The van der Waals surface area contributed by atoms with Crippen molar-refractivity contribution in [1.82, 2.24) is 20.5 Å². The second kappa shape index (κ2) is 7.35. The van der Waals surface area contributed by atoms with Crippen molar-refractivity contribution in [1.29, 1.82) is 0 Å². The van der Waals surface area contributed by atoms with Crippen LogP contribution in [0.4, 0.5) is 5.69 Å². The molecule has 0 aliphatic rings. The number of amides is 1. The molecule has 3 rings (SSSR count). The number of carbonyl (C=O) groups excluding carboxylic acids is 1. The highest BCUT2D eigenvalue weighted by Crippen LogP contribution is 2.20. The Morgan fingerprint density at radius 3 is 2.72 bits per heavy atom. The number of hydrogen-bond acceptors (Lipinski definition) is 5. The van der Waals surface area contributed by atoms with Crippen LogP contribution in [-0.2, 0) is 17.8 Å². The number of carbonyl (C=O) groups is 1. The van der Waals surface area contributed by atoms with Crippen LogP contribution in [0.3, 0.4) is 0 Å². The molecule has 0 saturated carbocycles. The third kappa shape index (κ3) is 4.25. The molecule has 0 saturated heterocycles. The number of rotatable bonds is 6. The van der Waals surface area contributed by atoms with Crippen LogP contribution in [0.15, 0.2) is 54.6 Å². The molecule has 1 amide bonds. The van der Waals surface area contributed by atoms with Crippen LogP contribution in [-0.4, -0.2) is 26.0 Å². The van der Waals surface area contributed by atoms with Crippen LogP contribution in [0.25, 0.3) is 11.4 Å². The van der Waals surface area contributed by atoms with Crippen LogP contribution in [0.1, 0.15) is 11.4 Å². The van der Waals surface area contributed by atoms with Gasteiger partial charge in [-0.05, 0) is 5.56 Å². The fraction of sp³-hybridized carbons (Fsp3) is 0.118. The van der Waals surface area contributed by atoms with Crippen molar-refractivity contribution in [3.05, 3.63) is 76.1 Å². The SMILES string of the molecule is O=C(Cc1nc(-c2cccc([N+](=O)[O-])c2)n[nH]1)NCc1ccccc1. The molecular formula is C17H15N5O3. The average Bonchev–Trinajstić information content (AvgIpc) is 3.09. The molecule has 0 aliphatic heterocycles. The summed E-state index contributed by atoms with van der Waals surface area (Å²) < 4.78 is 0. The molecule has 2 N–H and O–H groups in total. The Bertz CT molecular complexity index is 892. The molecule has 8 nitrogen and oxygen atoms in total. The quantitative estimate of drug-likeness (QED) is 0.529. The minimum absolute atomic E-state index is 0.0375. The van der Waals surface area contributed by atoms with Gasteiger partial charge in [0, 0.05) is 24.2 Å². The zero-order valence-electron chi connectivity index (χ0n) is 13.2. The first-order valence-corrected chi connectivity index (χ1v) is 7.58. The second-order valence-electron chi connectivity index (χ2n) is 5.35. The van der Waals surface area contributed by atoms with Gasteiger partial charge in [-0.1, -0.05) is 42.5 Å². The molecule has 0 fully saturated rings. The van der Waals surface area contributed by atoms with E-state index in [1.807, 2.05) is 30.3 Å². The first kappa shape index (κ1) is 16.3. The standard InChI is InChI=1S/C17H15N5O3/c23-16(18-11-12-5-2-1-3-6-12)10-15-19-17(21-20-15)13-7-4-8-14(9-13)22(24)25/h1-9H,10-11H2,(H,18,23)(H,19,20,21). The highest BCUT2D eigenvalue weighted by molar-refractivity contribution is 5.77. The van der Waals surface area contributed by atoms with E-state index in [9.17, 15) is 14.9 Å². The summed E-state index contributed by atoms with van der Waals surface area (Å²) >= 11 is 0. The number of nitrogens with zero attached hydrogens (tertiary/aromatic N) is 3. The molecule has 126 valence electrons. The summed E-state index contributed by atoms with van der Waals surface area (Å²) in [6.45, 7) is 0.436. The summed E-state index contributed by atoms with van der Waals surface area (Å²) in [5.74, 6) is 0.521. The normalized spacial score (nSPS) is 10.4. The van der Waals surface area contributed by atoms with Crippen LogP contribution < -0.4 is 5.32 Å². The Morgan fingerprint density at radius 2 is 1.96 bits per heavy atom. The van der Waals surface area contributed by atoms with Crippen molar-refractivity contribution < 1.29 is 9.72 Å². The molecule has 0 aliphatic carbocycles. The number of nitro benzene ring substituents is 1. The van der Waals surface area contributed by atoms with Crippen molar-refractivity contribution in [2.24, 2.45) is 0 Å². The molecule has 3 aromatic rings. The summed E-state index contributed by atoms with van der Waals surface area (Å²) in [4.78, 5) is 26.6. The Balaban J connectivity index is 1.62. The van der Waals surface area contributed by atoms with E-state index in [-0.39, 0.29) is 18.0 Å². The van der Waals surface area contributed by atoms with Gasteiger partial charge in [0.05, 0.1) is 11.3 Å². The van der Waals surface area contributed by atoms with Crippen LogP contribution in [0, 0.1) is 10.1 Å². The first-order valence-electron chi connectivity index (χ1n) is 7.58. The first-order chi connectivity index (χ1) is 12.1. The molecule has 0 unspecified atom stereocenters. The van der Waals surface area contributed by atoms with Gasteiger partial charge in [-0.3, -0.25) is 20.0 Å². The molecule has 0 radical (unpaired) electrons. The number of nitro groups is 1. The van der Waals surface area contributed by atoms with Gasteiger partial charge in [-0.2, -0.15) is 5.10 Å². The number of hydrogen-bond donors (Lipinski definition) is 2. The van der Waals surface area contributed by atoms with Crippen LogP contribution in [0.2, 0.25) is 0 Å². The minimum atomic E-state index is -0.478. The van der Waals surface area contributed by atoms with Crippen molar-refractivity contribution >= 4 is 11.6 Å². The van der Waals surface area contributed by atoms with Crippen molar-refractivity contribution in [3.8, 4) is 11.4 Å². The van der Waals surface area contributed by atoms with E-state index in [1.165, 1.54) is 12.1 Å². The number of aromatic amines is 1. The number of benzene rings is 2. The summed E-state index contributed by atoms with van der Waals surface area (Å²) in [7, 11) is 0. The van der Waals surface area contributed by atoms with E-state index in [0.717, 1.165) is 5.56 Å². The van der Waals surface area contributed by atoms with Gasteiger partial charge in [0.25, 0.3) is 5.69 Å². The summed E-state index contributed by atoms with van der Waals surface area (Å²) in [6.07, 6.45) is 0.0504. The van der Waals surface area contributed by atoms with Crippen LogP contribution >= 0.6 is 0 Å². The smallest absolute Gasteiger partial charge is 0.270 e. The molecule has 2 aromatic carbocycles. The van der Waals surface area contributed by atoms with Gasteiger partial charge < -0.3 is 5.32 Å². The zero-order valence-corrected chi connectivity index (χ0v) is 13.2. The van der Waals surface area contributed by atoms with Gasteiger partial charge in [0.15, 0.2) is 5.82 Å². The van der Waals surface area contributed by atoms with E-state index in [0.29, 0.717) is 23.8 Å². The summed E-state index contributed by atoms with van der Waals surface area (Å²) in [5, 5.41) is 20.3. The van der Waals surface area contributed by atoms with E-state index < -0.39 is 4.92 Å². The minimum Gasteiger partial charge on any atom is -0.352 e. The number of aromatic nitrogens is 3. The molecular weight excluding hydrogens is 322 g/mol. The third-order valence-electron chi connectivity index (χ3n) is 3.51. The van der Waals surface area contributed by atoms with E-state index >= 15 is 0 Å². The van der Waals surface area contributed by atoms with Gasteiger partial charge in [-0.25, -0.2) is 4.98 Å². The van der Waals surface area contributed by atoms with Crippen molar-refractivity contribution in [2.75, 3.05) is 0 Å². The Kier molecular flexibility index (Phi) is 4.79. The maximum absolute atomic E-state index is 12.0. The largest absolute Gasteiger partial charge is 0.352 e. The maximum atomic E-state index is 12.0. The topological polar surface area (TPSA) is 114 Å². The summed E-state index contributed by atoms with van der Waals surface area (Å²) in [6, 6.07) is 15.6. The van der Waals surface area contributed by atoms with Gasteiger partial charge in [0.2, 0.25) is 5.91 Å². The lowest BCUT2D eigenvalue weighted by molar-refractivity contribution is -0.384. The summed E-state index contributed by atoms with van der Waals surface area (Å²) in [5.41, 5.74) is 1.48. The second-order valence-corrected chi connectivity index (χ2v) is 5.35. The average molecular weight is 337 g/mol. The Morgan fingerprint density at radius 1 is 1.16 bits per heavy atom. The molecule has 25 heavy (non-hydrogen) atoms. The lowest BCUT2D eigenvalue weighted by Crippen LogP contribution is -2.24. The van der Waals surface area contributed by atoms with Crippen molar-refractivity contribution in [2.45, 2.75) is 13.0 Å². The third-order valence-corrected chi connectivity index (χ3v) is 3.51. The molecule has 1 heterocycles. The van der Waals surface area contributed by atoms with Crippen molar-refractivity contribution in [3.63, 3.8) is 0 Å². The monoisotopic (exact) mass is 337 g/mol. The van der Waals surface area contributed by atoms with E-state index in [1.54, 1.807) is 12.1 Å². The molecule has 1 aromatic heterocycles. The van der Waals surface area contributed by atoms with E-state index in [4.69, 9.17) is 0 Å². The Labute approximate surface area is 143 Å². The maximum Gasteiger partial charge on any atom is 0.270 e. The highest BCUT2D eigenvalue weighted by Gasteiger charge is 2.12. The fourth-order valence-electron chi connectivity index (χ4n) is 2.27. The highest BCUT2D eigenvalue weighted by atomic mass is 16.6. The predicted molar refractivity (Wildman–Crippen MR) is 90.5 cm³/mol. The zero-order chi connectivity index (χ0) is 17.6. The lowest BCUT2D eigenvalue weighted by atomic mass is 10.2. The predicted octanol–water partition coefficient (Wildman–Crippen LogP) is 2.24. The number of H-pyrrole nitrogens is 1. The van der Waals surface area contributed by atoms with Gasteiger partial charge >= 0.3 is 0 Å². The number of nitrogens with one attached hydrogen (secondary N) is 2. The van der Waals surface area contributed by atoms with Gasteiger partial charge in [-0.15, -0.1) is 0 Å². The van der Waals surface area contributed by atoms with E-state index in [2.05, 4.69) is 20.5 Å². The molecule has 0 atom stereocenters. The molecule has 0 spiro atoms. The van der Waals surface area contributed by atoms with Crippen LogP contribution in [0.5, 0.6) is 0 Å². The molecule has 8 heteroatoms. The van der Waals surface area contributed by atoms with Gasteiger partial charge in [0.1, 0.15) is 5.82 Å². The number of non-ortho nitro benzene ring substituents is 1. The Hall–Kier alpha value is -3.55. The lowest BCUT2D eigenvalue weighted by Gasteiger charge is -2.03. The fourth-order valence-corrected chi connectivity index (χ4v) is 2.27. The molecule has 0 bridgehead atoms.